The average Bonchev–Trinajstić information content (AvgIpc) is 3.13. The summed E-state index contributed by atoms with van der Waals surface area (Å²) in [4.78, 5) is 11.8. The van der Waals surface area contributed by atoms with Gasteiger partial charge in [-0.1, -0.05) is 44.1 Å². The second-order valence-electron chi connectivity index (χ2n) is 11.9. The van der Waals surface area contributed by atoms with Crippen LogP contribution in [-0.4, -0.2) is 45.7 Å². The van der Waals surface area contributed by atoms with Crippen LogP contribution in [0.2, 0.25) is 0 Å². The lowest BCUT2D eigenvalue weighted by molar-refractivity contribution is -0.148. The SMILES string of the molecule is C=C1/C(=C/C=C2\CCC[C@]3(COC(C)=O)[C@@H]([C@H](C)CCCC(C)(C)O)CC[C@@H]23)C[C@@H](O)C[C@@H]1O. The molecule has 0 saturated heterocycles. The van der Waals surface area contributed by atoms with Crippen molar-refractivity contribution in [3.8, 4) is 0 Å². The van der Waals surface area contributed by atoms with Crippen molar-refractivity contribution in [2.45, 2.75) is 110 Å². The monoisotopic (exact) mass is 474 g/mol. The van der Waals surface area contributed by atoms with Crippen LogP contribution < -0.4 is 0 Å². The van der Waals surface area contributed by atoms with E-state index in [-0.39, 0.29) is 11.4 Å². The third-order valence-corrected chi connectivity index (χ3v) is 8.70. The van der Waals surface area contributed by atoms with E-state index in [9.17, 15) is 20.1 Å². The molecule has 0 heterocycles. The second kappa shape index (κ2) is 11.1. The molecule has 0 aromatic carbocycles. The summed E-state index contributed by atoms with van der Waals surface area (Å²) in [5.74, 6) is 1.16. The number of allylic oxidation sites excluding steroid dienone is 3. The van der Waals surface area contributed by atoms with Gasteiger partial charge in [0.2, 0.25) is 0 Å². The first-order chi connectivity index (χ1) is 15.9. The Labute approximate surface area is 206 Å². The lowest BCUT2D eigenvalue weighted by atomic mass is 9.60. The van der Waals surface area contributed by atoms with Crippen LogP contribution in [-0.2, 0) is 9.53 Å². The van der Waals surface area contributed by atoms with Crippen LogP contribution in [0.25, 0.3) is 0 Å². The fraction of sp³-hybridized carbons (Fsp3) is 0.759. The third kappa shape index (κ3) is 6.41. The molecule has 0 radical (unpaired) electrons. The molecule has 34 heavy (non-hydrogen) atoms. The molecule has 0 aliphatic heterocycles. The highest BCUT2D eigenvalue weighted by molar-refractivity contribution is 5.66. The van der Waals surface area contributed by atoms with Crippen molar-refractivity contribution in [2.75, 3.05) is 6.61 Å². The molecule has 0 unspecified atom stereocenters. The molecule has 3 aliphatic rings. The van der Waals surface area contributed by atoms with Crippen molar-refractivity contribution in [3.05, 3.63) is 35.5 Å². The summed E-state index contributed by atoms with van der Waals surface area (Å²) in [6.07, 6.45) is 12.2. The molecule has 0 bridgehead atoms. The number of fused-ring (bicyclic) bond motifs is 1. The first kappa shape index (κ1) is 27.2. The van der Waals surface area contributed by atoms with E-state index in [2.05, 4.69) is 25.7 Å². The minimum Gasteiger partial charge on any atom is -0.465 e. The van der Waals surface area contributed by atoms with E-state index in [1.165, 1.54) is 12.5 Å². The lowest BCUT2D eigenvalue weighted by Crippen LogP contribution is -2.43. The van der Waals surface area contributed by atoms with Gasteiger partial charge in [0, 0.05) is 18.8 Å². The Balaban J connectivity index is 1.83. The van der Waals surface area contributed by atoms with Crippen LogP contribution in [0.15, 0.2) is 35.5 Å². The molecule has 0 spiro atoms. The van der Waals surface area contributed by atoms with Crippen molar-refractivity contribution in [2.24, 2.45) is 23.2 Å². The minimum absolute atomic E-state index is 0.0367. The zero-order valence-electron chi connectivity index (χ0n) is 21.7. The van der Waals surface area contributed by atoms with Gasteiger partial charge in [-0.15, -0.1) is 0 Å². The molecule has 3 fully saturated rings. The first-order valence-electron chi connectivity index (χ1n) is 13.2. The number of carbonyl (C=O) groups excluding carboxylic acids is 1. The van der Waals surface area contributed by atoms with Crippen molar-refractivity contribution in [1.29, 1.82) is 0 Å². The van der Waals surface area contributed by atoms with E-state index >= 15 is 0 Å². The minimum atomic E-state index is -0.677. The maximum atomic E-state index is 11.8. The first-order valence-corrected chi connectivity index (χ1v) is 13.2. The smallest absolute Gasteiger partial charge is 0.302 e. The number of hydrogen-bond acceptors (Lipinski definition) is 5. The Kier molecular flexibility index (Phi) is 8.86. The van der Waals surface area contributed by atoms with E-state index in [0.29, 0.717) is 42.8 Å². The van der Waals surface area contributed by atoms with Gasteiger partial charge >= 0.3 is 5.97 Å². The van der Waals surface area contributed by atoms with Gasteiger partial charge in [-0.25, -0.2) is 0 Å². The molecule has 3 N–H and O–H groups in total. The molecule has 3 rings (SSSR count). The van der Waals surface area contributed by atoms with Crippen LogP contribution in [0.3, 0.4) is 0 Å². The van der Waals surface area contributed by atoms with Gasteiger partial charge in [0.05, 0.1) is 24.4 Å². The van der Waals surface area contributed by atoms with E-state index in [1.807, 2.05) is 13.8 Å². The number of carbonyl (C=O) groups is 1. The summed E-state index contributed by atoms with van der Waals surface area (Å²) in [7, 11) is 0. The Bertz CT molecular complexity index is 804. The summed E-state index contributed by atoms with van der Waals surface area (Å²) in [5, 5.41) is 30.4. The number of esters is 1. The Morgan fingerprint density at radius 1 is 1.29 bits per heavy atom. The van der Waals surface area contributed by atoms with E-state index < -0.39 is 17.8 Å². The highest BCUT2D eigenvalue weighted by Gasteiger charge is 2.54. The van der Waals surface area contributed by atoms with Crippen LogP contribution in [0, 0.1) is 23.2 Å². The van der Waals surface area contributed by atoms with Gasteiger partial charge in [0.25, 0.3) is 0 Å². The van der Waals surface area contributed by atoms with Crippen LogP contribution in [0.4, 0.5) is 0 Å². The lowest BCUT2D eigenvalue weighted by Gasteiger charge is -2.46. The summed E-state index contributed by atoms with van der Waals surface area (Å²) in [6, 6.07) is 0. The number of aliphatic hydroxyl groups is 3. The molecular weight excluding hydrogens is 428 g/mol. The number of aliphatic hydroxyl groups excluding tert-OH is 2. The standard InChI is InChI=1S/C29H46O5/c1-19(8-6-14-28(4,5)33)25-12-13-26-22(9-7-15-29(25,26)18-34-21(3)30)10-11-23-16-24(31)17-27(32)20(23)2/h10-11,19,24-27,31-33H,2,6-9,12-18H2,1,3-5H3/b22-10+,23-11+/t19-,24-,25-,26+,27+,29+/m1/s1. The predicted octanol–water partition coefficient (Wildman–Crippen LogP) is 5.25. The van der Waals surface area contributed by atoms with Crippen molar-refractivity contribution < 1.29 is 24.9 Å². The molecule has 0 aromatic heterocycles. The Morgan fingerprint density at radius 2 is 2.03 bits per heavy atom. The fourth-order valence-corrected chi connectivity index (χ4v) is 6.98. The molecule has 6 atom stereocenters. The average molecular weight is 475 g/mol. The van der Waals surface area contributed by atoms with Crippen LogP contribution in [0.1, 0.15) is 91.9 Å². The van der Waals surface area contributed by atoms with Gasteiger partial charge in [-0.2, -0.15) is 0 Å². The highest BCUT2D eigenvalue weighted by atomic mass is 16.5. The highest BCUT2D eigenvalue weighted by Crippen LogP contribution is 2.60. The van der Waals surface area contributed by atoms with Crippen molar-refractivity contribution >= 4 is 5.97 Å². The second-order valence-corrected chi connectivity index (χ2v) is 11.9. The largest absolute Gasteiger partial charge is 0.465 e. The topological polar surface area (TPSA) is 87.0 Å². The van der Waals surface area contributed by atoms with Gasteiger partial charge < -0.3 is 20.1 Å². The maximum absolute atomic E-state index is 11.8. The molecule has 5 heteroatoms. The van der Waals surface area contributed by atoms with Gasteiger partial charge in [0.15, 0.2) is 0 Å². The van der Waals surface area contributed by atoms with Crippen molar-refractivity contribution in [3.63, 3.8) is 0 Å². The van der Waals surface area contributed by atoms with E-state index in [0.717, 1.165) is 56.9 Å². The predicted molar refractivity (Wildman–Crippen MR) is 135 cm³/mol. The number of rotatable bonds is 8. The molecule has 5 nitrogen and oxygen atoms in total. The maximum Gasteiger partial charge on any atom is 0.302 e. The van der Waals surface area contributed by atoms with Crippen LogP contribution >= 0.6 is 0 Å². The van der Waals surface area contributed by atoms with Gasteiger partial charge in [-0.05, 0) is 87.7 Å². The summed E-state index contributed by atoms with van der Waals surface area (Å²) in [5.41, 5.74) is 2.38. The van der Waals surface area contributed by atoms with E-state index in [4.69, 9.17) is 4.74 Å². The van der Waals surface area contributed by atoms with Crippen LogP contribution in [0.5, 0.6) is 0 Å². The fourth-order valence-electron chi connectivity index (χ4n) is 6.98. The molecule has 192 valence electrons. The summed E-state index contributed by atoms with van der Waals surface area (Å²) >= 11 is 0. The zero-order valence-corrected chi connectivity index (χ0v) is 21.7. The summed E-state index contributed by atoms with van der Waals surface area (Å²) < 4.78 is 5.71. The Morgan fingerprint density at radius 3 is 2.71 bits per heavy atom. The Hall–Kier alpha value is -1.43. The third-order valence-electron chi connectivity index (χ3n) is 8.70. The number of hydrogen-bond donors (Lipinski definition) is 3. The van der Waals surface area contributed by atoms with Gasteiger partial charge in [-0.3, -0.25) is 4.79 Å². The van der Waals surface area contributed by atoms with Crippen molar-refractivity contribution in [1.82, 2.24) is 0 Å². The quantitative estimate of drug-likeness (QED) is 0.418. The normalized spacial score (nSPS) is 35.4. The molecule has 3 saturated carbocycles. The molecule has 0 aromatic rings. The van der Waals surface area contributed by atoms with Gasteiger partial charge in [0.1, 0.15) is 0 Å². The molecule has 3 aliphatic carbocycles. The zero-order chi connectivity index (χ0) is 25.1. The number of ether oxygens (including phenoxy) is 1. The molecular formula is C29H46O5. The summed E-state index contributed by atoms with van der Waals surface area (Å²) in [6.45, 7) is 12.1. The molecule has 0 amide bonds. The van der Waals surface area contributed by atoms with E-state index in [1.54, 1.807) is 0 Å².